The van der Waals surface area contributed by atoms with Crippen LogP contribution in [0.4, 0.5) is 0 Å². The Morgan fingerprint density at radius 2 is 0.773 bits per heavy atom. The Kier molecular flexibility index (Phi) is 24.0. The second-order valence-corrected chi connectivity index (χ2v) is 4.88. The summed E-state index contributed by atoms with van der Waals surface area (Å²) in [5.41, 5.74) is 0. The normalized spacial score (nSPS) is 12.8. The molecule has 0 saturated carbocycles. The Morgan fingerprint density at radius 1 is 0.636 bits per heavy atom. The maximum Gasteiger partial charge on any atom is 3.00 e. The van der Waals surface area contributed by atoms with Gasteiger partial charge in [0.2, 0.25) is 0 Å². The first kappa shape index (κ1) is 29.1. The van der Waals surface area contributed by atoms with Gasteiger partial charge < -0.3 is 29.7 Å². The molecule has 0 aromatic rings. The molecule has 0 saturated heterocycles. The van der Waals surface area contributed by atoms with Gasteiger partial charge >= 0.3 is 20.1 Å². The van der Waals surface area contributed by atoms with E-state index in [4.69, 9.17) is 0 Å². The number of carboxylic acid groups (broad SMARTS) is 3. The monoisotopic (exact) mass is 496 g/mol. The third-order valence-corrected chi connectivity index (χ3v) is 3.04. The summed E-state index contributed by atoms with van der Waals surface area (Å²) in [5.74, 6) is -3.74. The predicted molar refractivity (Wildman–Crippen MR) is 73.4 cm³/mol. The van der Waals surface area contributed by atoms with E-state index in [1.165, 1.54) is 0 Å². The van der Waals surface area contributed by atoms with Gasteiger partial charge in [-0.3, -0.25) is 0 Å². The number of aliphatic carboxylic acids is 3. The Balaban J connectivity index is -0.000000108. The van der Waals surface area contributed by atoms with Crippen molar-refractivity contribution in [2.45, 2.75) is 60.8 Å². The van der Waals surface area contributed by atoms with E-state index >= 15 is 0 Å². The van der Waals surface area contributed by atoms with Crippen LogP contribution in [0.1, 0.15) is 60.8 Å². The van der Waals surface area contributed by atoms with Crippen molar-refractivity contribution in [1.82, 2.24) is 0 Å². The molecule has 22 heavy (non-hydrogen) atoms. The molecule has 0 fully saturated rings. The summed E-state index contributed by atoms with van der Waals surface area (Å²) in [5, 5.41) is 29.5. The van der Waals surface area contributed by atoms with E-state index in [1.807, 2.05) is 20.8 Å². The van der Waals surface area contributed by atoms with E-state index in [0.29, 0.717) is 19.3 Å². The molecule has 0 heterocycles. The second kappa shape index (κ2) is 18.1. The van der Waals surface area contributed by atoms with Crippen LogP contribution in [-0.4, -0.2) is 17.9 Å². The molecule has 6 nitrogen and oxygen atoms in total. The first-order valence-electron chi connectivity index (χ1n) is 7.17. The summed E-state index contributed by atoms with van der Waals surface area (Å²) in [6.45, 7) is 10.4. The van der Waals surface area contributed by atoms with Crippen LogP contribution in [0, 0.1) is 17.8 Å². The molecule has 0 radical (unpaired) electrons. The van der Waals surface area contributed by atoms with Gasteiger partial charge in [-0.15, -0.1) is 0 Å². The minimum atomic E-state index is -0.956. The first-order chi connectivity index (χ1) is 9.54. The molecular weight excluding hydrogens is 468 g/mol. The van der Waals surface area contributed by atoms with Crippen molar-refractivity contribution in [3.05, 3.63) is 0 Å². The summed E-state index contributed by atoms with van der Waals surface area (Å²) in [6.07, 6.45) is 1.97. The molecule has 0 aromatic carbocycles. The van der Waals surface area contributed by atoms with Gasteiger partial charge in [0.15, 0.2) is 0 Å². The van der Waals surface area contributed by atoms with Crippen molar-refractivity contribution >= 4 is 17.9 Å². The van der Waals surface area contributed by atoms with Gasteiger partial charge in [0, 0.05) is 17.9 Å². The zero-order valence-electron chi connectivity index (χ0n) is 14.1. The molecule has 132 valence electrons. The van der Waals surface area contributed by atoms with Crippen molar-refractivity contribution in [2.75, 3.05) is 0 Å². The van der Waals surface area contributed by atoms with Crippen LogP contribution in [-0.2, 0) is 34.5 Å². The largest absolute Gasteiger partial charge is 3.00 e. The van der Waals surface area contributed by atoms with Crippen molar-refractivity contribution in [2.24, 2.45) is 17.8 Å². The summed E-state index contributed by atoms with van der Waals surface area (Å²) in [6, 6.07) is 0. The zero-order valence-corrected chi connectivity index (χ0v) is 16.5. The molecule has 0 aromatic heterocycles. The Morgan fingerprint density at radius 3 is 0.773 bits per heavy atom. The number of carbonyl (C=O) groups is 3. The fourth-order valence-electron chi connectivity index (χ4n) is 0.500. The van der Waals surface area contributed by atoms with Crippen LogP contribution in [0.3, 0.4) is 0 Å². The van der Waals surface area contributed by atoms with Gasteiger partial charge in [-0.1, -0.05) is 41.5 Å². The molecule has 0 aliphatic carbocycles. The Labute approximate surface area is 146 Å². The van der Waals surface area contributed by atoms with Gasteiger partial charge in [-0.25, -0.2) is 0 Å². The van der Waals surface area contributed by atoms with Crippen molar-refractivity contribution in [1.29, 1.82) is 0 Å². The van der Waals surface area contributed by atoms with Crippen LogP contribution < -0.4 is 15.3 Å². The number of hydrogen-bond acceptors (Lipinski definition) is 6. The Bertz CT molecular complexity index is 259. The van der Waals surface area contributed by atoms with E-state index in [1.54, 1.807) is 20.8 Å². The van der Waals surface area contributed by atoms with Gasteiger partial charge in [0.05, 0.1) is 0 Å². The third-order valence-electron chi connectivity index (χ3n) is 3.04. The van der Waals surface area contributed by atoms with Gasteiger partial charge in [0.1, 0.15) is 0 Å². The summed E-state index contributed by atoms with van der Waals surface area (Å²) >= 11 is 0. The van der Waals surface area contributed by atoms with Crippen molar-refractivity contribution in [3.63, 3.8) is 0 Å². The molecule has 0 spiro atoms. The Hall–Kier alpha value is -0.941. The van der Waals surface area contributed by atoms with E-state index in [0.717, 1.165) is 0 Å². The molecule has 3 atom stereocenters. The minimum absolute atomic E-state index is 0. The van der Waals surface area contributed by atoms with E-state index in [9.17, 15) is 29.7 Å². The summed E-state index contributed by atoms with van der Waals surface area (Å²) in [7, 11) is 0. The van der Waals surface area contributed by atoms with Gasteiger partial charge in [-0.05, 0) is 37.0 Å². The molecule has 0 bridgehead atoms. The smallest absolute Gasteiger partial charge is 0.550 e. The van der Waals surface area contributed by atoms with Crippen molar-refractivity contribution in [3.8, 4) is 0 Å². The van der Waals surface area contributed by atoms with E-state index in [2.05, 4.69) is 0 Å². The van der Waals surface area contributed by atoms with Crippen LogP contribution in [0.5, 0.6) is 0 Å². The van der Waals surface area contributed by atoms with Crippen LogP contribution >= 0.6 is 0 Å². The third kappa shape index (κ3) is 21.4. The quantitative estimate of drug-likeness (QED) is 0.483. The minimum Gasteiger partial charge on any atom is -0.550 e. The number of carboxylic acids is 3. The van der Waals surface area contributed by atoms with Crippen LogP contribution in [0.2, 0.25) is 0 Å². The zero-order chi connectivity index (χ0) is 17.6. The summed E-state index contributed by atoms with van der Waals surface area (Å²) in [4.78, 5) is 29.5. The van der Waals surface area contributed by atoms with E-state index < -0.39 is 17.9 Å². The fraction of sp³-hybridized carbons (Fsp3) is 0.800. The molecule has 0 amide bonds. The molecular formula is C15H27IrO6. The first-order valence-corrected chi connectivity index (χ1v) is 7.17. The summed E-state index contributed by atoms with van der Waals surface area (Å²) < 4.78 is 0. The number of hydrogen-bond donors (Lipinski definition) is 0. The average molecular weight is 496 g/mol. The predicted octanol–water partition coefficient (Wildman–Crippen LogP) is -0.655. The maximum absolute atomic E-state index is 9.82. The van der Waals surface area contributed by atoms with Crippen molar-refractivity contribution < 1.29 is 49.8 Å². The molecule has 0 aliphatic heterocycles. The number of rotatable bonds is 6. The SMILES string of the molecule is CCC(C)C(=O)[O-].CCC(C)C(=O)[O-].CCC(C)C(=O)[O-].[Ir+3]. The fourth-order valence-corrected chi connectivity index (χ4v) is 0.500. The van der Waals surface area contributed by atoms with Gasteiger partial charge in [-0.2, -0.15) is 0 Å². The molecule has 0 rings (SSSR count). The van der Waals surface area contributed by atoms with Crippen LogP contribution in [0.15, 0.2) is 0 Å². The molecule has 0 N–H and O–H groups in total. The second-order valence-electron chi connectivity index (χ2n) is 4.88. The van der Waals surface area contributed by atoms with E-state index in [-0.39, 0.29) is 37.9 Å². The van der Waals surface area contributed by atoms with Gasteiger partial charge in [0.25, 0.3) is 0 Å². The molecule has 3 unspecified atom stereocenters. The molecule has 0 aliphatic rings. The topological polar surface area (TPSA) is 120 Å². The molecule has 7 heteroatoms. The average Bonchev–Trinajstić information content (AvgIpc) is 2.45. The van der Waals surface area contributed by atoms with Crippen LogP contribution in [0.25, 0.3) is 0 Å². The standard InChI is InChI=1S/3C5H10O2.Ir/c3*1-3-4(2)5(6)7;/h3*4H,3H2,1-2H3,(H,6,7);/q;;;+3/p-3. The maximum atomic E-state index is 9.82. The number of carbonyl (C=O) groups excluding carboxylic acids is 3.